The summed E-state index contributed by atoms with van der Waals surface area (Å²) in [6, 6.07) is 12.1. The van der Waals surface area contributed by atoms with E-state index < -0.39 is 0 Å². The summed E-state index contributed by atoms with van der Waals surface area (Å²) in [6.07, 6.45) is 4.22. The van der Waals surface area contributed by atoms with Gasteiger partial charge in [-0.3, -0.25) is 14.9 Å². The van der Waals surface area contributed by atoms with E-state index in [-0.39, 0.29) is 29.9 Å². The van der Waals surface area contributed by atoms with E-state index in [1.165, 1.54) is 5.56 Å². The van der Waals surface area contributed by atoms with Crippen LogP contribution in [0.25, 0.3) is 11.6 Å². The van der Waals surface area contributed by atoms with Crippen LogP contribution < -0.4 is 10.2 Å². The van der Waals surface area contributed by atoms with Crippen LogP contribution in [0.1, 0.15) is 36.6 Å². The average molecular weight is 561 g/mol. The number of nitrogens with one attached hydrogen (secondary N) is 2. The molecule has 1 saturated heterocycles. The van der Waals surface area contributed by atoms with Crippen molar-refractivity contribution < 1.29 is 9.21 Å². The van der Waals surface area contributed by atoms with Gasteiger partial charge < -0.3 is 19.5 Å². The molecule has 1 unspecified atom stereocenters. The molecule has 1 aromatic carbocycles. The lowest BCUT2D eigenvalue weighted by Crippen LogP contribution is -2.41. The number of aromatic nitrogens is 3. The molecular weight excluding hydrogens is 533 g/mol. The van der Waals surface area contributed by atoms with Gasteiger partial charge in [0.05, 0.1) is 12.8 Å². The topological polar surface area (TPSA) is 103 Å². The summed E-state index contributed by atoms with van der Waals surface area (Å²) in [7, 11) is 1.79. The van der Waals surface area contributed by atoms with Crippen molar-refractivity contribution in [2.45, 2.75) is 31.7 Å². The highest BCUT2D eigenvalue weighted by Crippen LogP contribution is 2.38. The van der Waals surface area contributed by atoms with Crippen molar-refractivity contribution in [2.24, 2.45) is 4.99 Å². The Morgan fingerprint density at radius 2 is 2.18 bits per heavy atom. The Morgan fingerprint density at radius 3 is 2.94 bits per heavy atom. The van der Waals surface area contributed by atoms with Crippen molar-refractivity contribution in [2.75, 3.05) is 31.6 Å². The first-order valence-electron chi connectivity index (χ1n) is 11.0. The molecule has 1 amide bonds. The number of rotatable bonds is 6. The van der Waals surface area contributed by atoms with Crippen molar-refractivity contribution >= 4 is 41.5 Å². The predicted octanol–water partition coefficient (Wildman–Crippen LogP) is 3.37. The lowest BCUT2D eigenvalue weighted by molar-refractivity contribution is -0.127. The van der Waals surface area contributed by atoms with Gasteiger partial charge in [-0.05, 0) is 36.6 Å². The third kappa shape index (κ3) is 4.90. The fourth-order valence-electron chi connectivity index (χ4n) is 4.54. The van der Waals surface area contributed by atoms with E-state index in [1.807, 2.05) is 17.0 Å². The fraction of sp³-hybridized carbons (Fsp3) is 0.391. The van der Waals surface area contributed by atoms with Crippen LogP contribution in [-0.4, -0.2) is 58.6 Å². The van der Waals surface area contributed by atoms with Crippen LogP contribution in [0.3, 0.4) is 0 Å². The van der Waals surface area contributed by atoms with Gasteiger partial charge in [-0.15, -0.1) is 29.1 Å². The first-order valence-corrected chi connectivity index (χ1v) is 11.0. The van der Waals surface area contributed by atoms with Crippen molar-refractivity contribution in [1.82, 2.24) is 25.4 Å². The number of halogens is 1. The number of hydrogen-bond acceptors (Lipinski definition) is 5. The Hall–Kier alpha value is -2.89. The number of hydrogen-bond donors (Lipinski definition) is 2. The fourth-order valence-corrected chi connectivity index (χ4v) is 4.54. The minimum absolute atomic E-state index is 0. The van der Waals surface area contributed by atoms with Gasteiger partial charge in [0.2, 0.25) is 11.7 Å². The molecule has 9 nitrogen and oxygen atoms in total. The number of guanidine groups is 1. The lowest BCUT2D eigenvalue weighted by atomic mass is 9.98. The summed E-state index contributed by atoms with van der Waals surface area (Å²) in [4.78, 5) is 25.2. The number of aliphatic imine (C=N–C) groups is 1. The number of H-pyrrole nitrogens is 1. The van der Waals surface area contributed by atoms with E-state index in [2.05, 4.69) is 54.7 Å². The number of fused-ring (bicyclic) bond motifs is 1. The molecule has 1 fully saturated rings. The van der Waals surface area contributed by atoms with Gasteiger partial charge in [0.15, 0.2) is 11.7 Å². The number of aromatic amines is 1. The summed E-state index contributed by atoms with van der Waals surface area (Å²) in [5, 5.41) is 10.6. The number of carbonyl (C=O) groups is 1. The molecule has 0 spiro atoms. The number of amides is 1. The Morgan fingerprint density at radius 1 is 1.30 bits per heavy atom. The number of likely N-dealkylation sites (tertiary alicyclic amines) is 1. The Balaban J connectivity index is 0.00000259. The summed E-state index contributed by atoms with van der Waals surface area (Å²) < 4.78 is 5.36. The van der Waals surface area contributed by atoms with E-state index in [0.717, 1.165) is 44.1 Å². The molecule has 2 aliphatic rings. The van der Waals surface area contributed by atoms with Crippen LogP contribution in [0.15, 0.2) is 52.1 Å². The third-order valence-electron chi connectivity index (χ3n) is 6.14. The smallest absolute Gasteiger partial charge is 0.222 e. The van der Waals surface area contributed by atoms with Crippen molar-refractivity contribution in [3.8, 4) is 11.6 Å². The normalized spacial score (nSPS) is 17.9. The molecule has 2 aromatic heterocycles. The number of benzene rings is 1. The minimum Gasteiger partial charge on any atom is -0.461 e. The molecule has 0 saturated carbocycles. The van der Waals surface area contributed by atoms with Gasteiger partial charge in [-0.1, -0.05) is 18.2 Å². The molecule has 2 aliphatic heterocycles. The van der Waals surface area contributed by atoms with Crippen LogP contribution in [0.4, 0.5) is 5.69 Å². The second-order valence-electron chi connectivity index (χ2n) is 8.12. The maximum absolute atomic E-state index is 12.0. The second kappa shape index (κ2) is 10.4. The highest BCUT2D eigenvalue weighted by Gasteiger charge is 2.32. The van der Waals surface area contributed by atoms with E-state index in [4.69, 9.17) is 4.42 Å². The van der Waals surface area contributed by atoms with E-state index in [9.17, 15) is 4.79 Å². The van der Waals surface area contributed by atoms with Crippen LogP contribution in [0, 0.1) is 0 Å². The first kappa shape index (κ1) is 23.3. The zero-order valence-corrected chi connectivity index (χ0v) is 20.9. The van der Waals surface area contributed by atoms with E-state index in [0.29, 0.717) is 36.3 Å². The van der Waals surface area contributed by atoms with Crippen LogP contribution in [0.5, 0.6) is 0 Å². The molecule has 3 aromatic rings. The molecule has 174 valence electrons. The summed E-state index contributed by atoms with van der Waals surface area (Å²) >= 11 is 0. The number of carbonyl (C=O) groups excluding carboxylic acids is 1. The maximum atomic E-state index is 12.0. The van der Waals surface area contributed by atoms with Crippen molar-refractivity contribution in [3.05, 3.63) is 54.0 Å². The number of para-hydroxylation sites is 1. The monoisotopic (exact) mass is 561 g/mol. The maximum Gasteiger partial charge on any atom is 0.222 e. The zero-order valence-electron chi connectivity index (χ0n) is 18.5. The van der Waals surface area contributed by atoms with Crippen LogP contribution in [0.2, 0.25) is 0 Å². The number of anilines is 1. The van der Waals surface area contributed by atoms with E-state index in [1.54, 1.807) is 13.3 Å². The van der Waals surface area contributed by atoms with Crippen molar-refractivity contribution in [3.63, 3.8) is 0 Å². The summed E-state index contributed by atoms with van der Waals surface area (Å²) in [5.74, 6) is 3.29. The SMILES string of the molecule is CN=C(NCc1nc(-c2ccco2)n[nH]1)N1CC(CCN2CCCC2=O)c2ccccc21.I. The molecule has 0 radical (unpaired) electrons. The van der Waals surface area contributed by atoms with Gasteiger partial charge in [0, 0.05) is 44.7 Å². The molecule has 4 heterocycles. The van der Waals surface area contributed by atoms with Gasteiger partial charge in [-0.2, -0.15) is 0 Å². The molecule has 33 heavy (non-hydrogen) atoms. The molecule has 5 rings (SSSR count). The quantitative estimate of drug-likeness (QED) is 0.272. The van der Waals surface area contributed by atoms with Crippen LogP contribution >= 0.6 is 24.0 Å². The minimum atomic E-state index is 0. The molecular formula is C23H28IN7O2. The summed E-state index contributed by atoms with van der Waals surface area (Å²) in [5.41, 5.74) is 2.47. The Kier molecular flexibility index (Phi) is 7.31. The number of furan rings is 1. The third-order valence-corrected chi connectivity index (χ3v) is 6.14. The molecule has 2 N–H and O–H groups in total. The van der Waals surface area contributed by atoms with Gasteiger partial charge in [0.25, 0.3) is 0 Å². The first-order chi connectivity index (χ1) is 15.7. The van der Waals surface area contributed by atoms with Gasteiger partial charge in [0.1, 0.15) is 5.82 Å². The van der Waals surface area contributed by atoms with Crippen molar-refractivity contribution in [1.29, 1.82) is 0 Å². The van der Waals surface area contributed by atoms with Gasteiger partial charge in [-0.25, -0.2) is 4.98 Å². The molecule has 0 aliphatic carbocycles. The second-order valence-corrected chi connectivity index (χ2v) is 8.12. The van der Waals surface area contributed by atoms with Gasteiger partial charge >= 0.3 is 0 Å². The predicted molar refractivity (Wildman–Crippen MR) is 137 cm³/mol. The lowest BCUT2D eigenvalue weighted by Gasteiger charge is -2.23. The largest absolute Gasteiger partial charge is 0.461 e. The standard InChI is InChI=1S/C23H27N7O2.HI/c1-24-23(25-14-20-26-22(28-27-20)19-8-5-13-32-19)30-15-16(17-6-2-3-7-18(17)30)10-12-29-11-4-9-21(29)31;/h2-3,5-8,13,16H,4,9-12,14-15H2,1H3,(H,24,25)(H,26,27,28);1H. The van der Waals surface area contributed by atoms with Crippen LogP contribution in [-0.2, 0) is 11.3 Å². The molecule has 10 heteroatoms. The highest BCUT2D eigenvalue weighted by molar-refractivity contribution is 14.0. The Bertz CT molecular complexity index is 1110. The Labute approximate surface area is 209 Å². The zero-order chi connectivity index (χ0) is 21.9. The number of nitrogens with zero attached hydrogens (tertiary/aromatic N) is 5. The molecule has 1 atom stereocenters. The molecule has 0 bridgehead atoms. The highest BCUT2D eigenvalue weighted by atomic mass is 127. The average Bonchev–Trinajstić information content (AvgIpc) is 3.61. The summed E-state index contributed by atoms with van der Waals surface area (Å²) in [6.45, 7) is 2.99. The van der Waals surface area contributed by atoms with E-state index >= 15 is 0 Å².